The van der Waals surface area contributed by atoms with Crippen LogP contribution in [0, 0.1) is 5.92 Å². The van der Waals surface area contributed by atoms with Gasteiger partial charge in [0.25, 0.3) is 0 Å². The van der Waals surface area contributed by atoms with Gasteiger partial charge in [0.1, 0.15) is 11.9 Å². The van der Waals surface area contributed by atoms with Gasteiger partial charge in [-0.15, -0.1) is 0 Å². The summed E-state index contributed by atoms with van der Waals surface area (Å²) in [6.07, 6.45) is 1.01. The number of nitrogens with zero attached hydrogens (tertiary/aromatic N) is 1. The van der Waals surface area contributed by atoms with E-state index in [0.29, 0.717) is 18.9 Å². The first-order valence-electron chi connectivity index (χ1n) is 7.71. The van der Waals surface area contributed by atoms with Crippen molar-refractivity contribution in [3.05, 3.63) is 35.9 Å². The third kappa shape index (κ3) is 6.29. The predicted octanol–water partition coefficient (Wildman–Crippen LogP) is 4.04. The first-order chi connectivity index (χ1) is 10.2. The summed E-state index contributed by atoms with van der Waals surface area (Å²) >= 11 is 0. The Balaban J connectivity index is 2.97. The van der Waals surface area contributed by atoms with Gasteiger partial charge in [-0.3, -0.25) is 4.90 Å². The lowest BCUT2D eigenvalue weighted by Crippen LogP contribution is -2.44. The van der Waals surface area contributed by atoms with Gasteiger partial charge in [0, 0.05) is 6.54 Å². The van der Waals surface area contributed by atoms with Crippen LogP contribution in [0.3, 0.4) is 0 Å². The Labute approximate surface area is 133 Å². The average molecular weight is 305 g/mol. The Bertz CT molecular complexity index is 477. The Kier molecular flexibility index (Phi) is 6.60. The summed E-state index contributed by atoms with van der Waals surface area (Å²) in [4.78, 5) is 25.5. The molecule has 0 unspecified atom stereocenters. The maximum atomic E-state index is 12.5. The SMILES string of the molecule is CC(C)C[C@@H](C=O)N(Cc1ccccc1)C(=O)OC(C)(C)C. The summed E-state index contributed by atoms with van der Waals surface area (Å²) in [5.41, 5.74) is 0.390. The number of amides is 1. The van der Waals surface area contributed by atoms with Crippen LogP contribution in [0.4, 0.5) is 4.79 Å². The highest BCUT2D eigenvalue weighted by atomic mass is 16.6. The van der Waals surface area contributed by atoms with Crippen molar-refractivity contribution in [2.75, 3.05) is 0 Å². The van der Waals surface area contributed by atoms with Crippen LogP contribution in [0.5, 0.6) is 0 Å². The highest BCUT2D eigenvalue weighted by molar-refractivity contribution is 5.73. The van der Waals surface area contributed by atoms with Gasteiger partial charge >= 0.3 is 6.09 Å². The molecule has 1 aromatic carbocycles. The van der Waals surface area contributed by atoms with Gasteiger partial charge in [0.2, 0.25) is 0 Å². The number of carbonyl (C=O) groups excluding carboxylic acids is 2. The molecule has 0 radical (unpaired) electrons. The third-order valence-electron chi connectivity index (χ3n) is 3.09. The zero-order chi connectivity index (χ0) is 16.8. The van der Waals surface area contributed by atoms with Crippen molar-refractivity contribution < 1.29 is 14.3 Å². The summed E-state index contributed by atoms with van der Waals surface area (Å²) < 4.78 is 5.46. The number of aldehydes is 1. The Hall–Kier alpha value is -1.84. The van der Waals surface area contributed by atoms with E-state index in [4.69, 9.17) is 4.74 Å². The number of hydrogen-bond acceptors (Lipinski definition) is 3. The molecule has 0 fully saturated rings. The van der Waals surface area contributed by atoms with Crippen molar-refractivity contribution in [1.82, 2.24) is 4.90 Å². The molecule has 0 aliphatic carbocycles. The molecule has 0 spiro atoms. The van der Waals surface area contributed by atoms with Crippen LogP contribution < -0.4 is 0 Å². The first kappa shape index (κ1) is 18.2. The van der Waals surface area contributed by atoms with Crippen LogP contribution in [-0.4, -0.2) is 28.9 Å². The van der Waals surface area contributed by atoms with E-state index in [2.05, 4.69) is 0 Å². The van der Waals surface area contributed by atoms with E-state index in [1.54, 1.807) is 0 Å². The lowest BCUT2D eigenvalue weighted by molar-refractivity contribution is -0.113. The number of benzene rings is 1. The van der Waals surface area contributed by atoms with E-state index in [1.165, 1.54) is 4.90 Å². The summed E-state index contributed by atoms with van der Waals surface area (Å²) in [6.45, 7) is 9.91. The predicted molar refractivity (Wildman–Crippen MR) is 87.5 cm³/mol. The minimum atomic E-state index is -0.586. The Morgan fingerprint density at radius 1 is 1.23 bits per heavy atom. The molecule has 1 amide bonds. The van der Waals surface area contributed by atoms with E-state index in [1.807, 2.05) is 65.0 Å². The molecule has 1 aromatic rings. The maximum absolute atomic E-state index is 12.5. The van der Waals surface area contributed by atoms with Crippen LogP contribution in [0.2, 0.25) is 0 Å². The van der Waals surface area contributed by atoms with Gasteiger partial charge in [0.05, 0.1) is 6.04 Å². The van der Waals surface area contributed by atoms with Crippen LogP contribution in [-0.2, 0) is 16.1 Å². The fraction of sp³-hybridized carbons (Fsp3) is 0.556. The highest BCUT2D eigenvalue weighted by Gasteiger charge is 2.28. The second-order valence-electron chi connectivity index (χ2n) is 6.93. The quantitative estimate of drug-likeness (QED) is 0.745. The zero-order valence-corrected chi connectivity index (χ0v) is 14.2. The molecule has 0 aliphatic rings. The topological polar surface area (TPSA) is 46.6 Å². The number of hydrogen-bond donors (Lipinski definition) is 0. The summed E-state index contributed by atoms with van der Waals surface area (Å²) in [7, 11) is 0. The summed E-state index contributed by atoms with van der Waals surface area (Å²) in [5.74, 6) is 0.316. The van der Waals surface area contributed by atoms with E-state index in [-0.39, 0.29) is 0 Å². The second-order valence-corrected chi connectivity index (χ2v) is 6.93. The molecule has 1 rings (SSSR count). The molecule has 0 N–H and O–H groups in total. The largest absolute Gasteiger partial charge is 0.444 e. The monoisotopic (exact) mass is 305 g/mol. The van der Waals surface area contributed by atoms with Gasteiger partial charge in [0.15, 0.2) is 0 Å². The van der Waals surface area contributed by atoms with Crippen LogP contribution in [0.1, 0.15) is 46.6 Å². The average Bonchev–Trinajstić information content (AvgIpc) is 2.41. The lowest BCUT2D eigenvalue weighted by Gasteiger charge is -2.31. The molecular formula is C18H27NO3. The van der Waals surface area contributed by atoms with Gasteiger partial charge in [-0.1, -0.05) is 44.2 Å². The molecule has 122 valence electrons. The smallest absolute Gasteiger partial charge is 0.411 e. The van der Waals surface area contributed by atoms with Crippen molar-refractivity contribution >= 4 is 12.4 Å². The number of carbonyl (C=O) groups is 2. The minimum absolute atomic E-state index is 0.316. The van der Waals surface area contributed by atoms with E-state index < -0.39 is 17.7 Å². The van der Waals surface area contributed by atoms with Gasteiger partial charge in [-0.05, 0) is 38.7 Å². The van der Waals surface area contributed by atoms with E-state index in [9.17, 15) is 9.59 Å². The fourth-order valence-corrected chi connectivity index (χ4v) is 2.16. The highest BCUT2D eigenvalue weighted by Crippen LogP contribution is 2.18. The van der Waals surface area contributed by atoms with Crippen molar-refractivity contribution in [2.24, 2.45) is 5.92 Å². The number of ether oxygens (including phenoxy) is 1. The summed E-state index contributed by atoms with van der Waals surface area (Å²) in [6, 6.07) is 9.16. The Morgan fingerprint density at radius 2 is 1.82 bits per heavy atom. The lowest BCUT2D eigenvalue weighted by atomic mass is 10.0. The normalized spacial score (nSPS) is 12.8. The number of rotatable bonds is 6. The van der Waals surface area contributed by atoms with Crippen LogP contribution in [0.15, 0.2) is 30.3 Å². The molecule has 4 heteroatoms. The van der Waals surface area contributed by atoms with Crippen LogP contribution >= 0.6 is 0 Å². The molecule has 0 aliphatic heterocycles. The molecule has 4 nitrogen and oxygen atoms in total. The van der Waals surface area contributed by atoms with E-state index >= 15 is 0 Å². The van der Waals surface area contributed by atoms with Crippen molar-refractivity contribution in [3.63, 3.8) is 0 Å². The summed E-state index contributed by atoms with van der Waals surface area (Å²) in [5, 5.41) is 0. The van der Waals surface area contributed by atoms with Crippen LogP contribution in [0.25, 0.3) is 0 Å². The zero-order valence-electron chi connectivity index (χ0n) is 14.2. The molecular weight excluding hydrogens is 278 g/mol. The van der Waals surface area contributed by atoms with Crippen molar-refractivity contribution in [3.8, 4) is 0 Å². The first-order valence-corrected chi connectivity index (χ1v) is 7.71. The minimum Gasteiger partial charge on any atom is -0.444 e. The fourth-order valence-electron chi connectivity index (χ4n) is 2.16. The maximum Gasteiger partial charge on any atom is 0.411 e. The van der Waals surface area contributed by atoms with Gasteiger partial charge in [-0.25, -0.2) is 4.79 Å². The molecule has 0 bridgehead atoms. The molecule has 0 heterocycles. The standard InChI is InChI=1S/C18H27NO3/c1-14(2)11-16(13-20)19(17(21)22-18(3,4)5)12-15-9-7-6-8-10-15/h6-10,13-14,16H,11-12H2,1-5H3/t16-/m0/s1. The van der Waals surface area contributed by atoms with Gasteiger partial charge in [-0.2, -0.15) is 0 Å². The second kappa shape index (κ2) is 7.97. The molecule has 0 saturated heterocycles. The molecule has 22 heavy (non-hydrogen) atoms. The molecule has 0 saturated carbocycles. The van der Waals surface area contributed by atoms with Gasteiger partial charge < -0.3 is 9.53 Å². The van der Waals surface area contributed by atoms with Crippen molar-refractivity contribution in [2.45, 2.75) is 59.2 Å². The Morgan fingerprint density at radius 3 is 2.27 bits per heavy atom. The molecule has 1 atom stereocenters. The van der Waals surface area contributed by atoms with E-state index in [0.717, 1.165) is 11.8 Å². The molecule has 0 aromatic heterocycles. The third-order valence-corrected chi connectivity index (χ3v) is 3.09. The van der Waals surface area contributed by atoms with Crippen molar-refractivity contribution in [1.29, 1.82) is 0 Å².